The van der Waals surface area contributed by atoms with Gasteiger partial charge in [-0.05, 0) is 45.7 Å². The lowest BCUT2D eigenvalue weighted by atomic mass is 10.1. The third kappa shape index (κ3) is 7.08. The van der Waals surface area contributed by atoms with Gasteiger partial charge in [-0.15, -0.1) is 0 Å². The van der Waals surface area contributed by atoms with Crippen LogP contribution in [0.3, 0.4) is 0 Å². The van der Waals surface area contributed by atoms with Crippen LogP contribution in [0.4, 0.5) is 4.79 Å². The van der Waals surface area contributed by atoms with Crippen LogP contribution < -0.4 is 0 Å². The van der Waals surface area contributed by atoms with E-state index in [0.29, 0.717) is 13.1 Å². The second-order valence-corrected chi connectivity index (χ2v) is 9.55. The summed E-state index contributed by atoms with van der Waals surface area (Å²) in [6.07, 6.45) is -0.256. The molecule has 1 heterocycles. The predicted molar refractivity (Wildman–Crippen MR) is 124 cm³/mol. The van der Waals surface area contributed by atoms with Gasteiger partial charge in [-0.1, -0.05) is 60.7 Å². The lowest BCUT2D eigenvalue weighted by Crippen LogP contribution is -2.44. The largest absolute Gasteiger partial charge is 0.444 e. The molecule has 2 aromatic rings. The van der Waals surface area contributed by atoms with Gasteiger partial charge in [0.15, 0.2) is 0 Å². The molecule has 2 aromatic carbocycles. The fourth-order valence-electron chi connectivity index (χ4n) is 3.99. The van der Waals surface area contributed by atoms with E-state index >= 15 is 0 Å². The standard InChI is InChI=1S/C26H36N2O3/c1-20(2)30-24-19-28(25(29)31-26(3,4)5)18-23(24)27(16-21-12-8-6-9-13-21)17-22-14-10-7-11-15-22/h6-15,20,23-24H,16-19H2,1-5H3/t23-,24-/m1/s1. The molecule has 3 rings (SSSR count). The summed E-state index contributed by atoms with van der Waals surface area (Å²) in [5.41, 5.74) is 1.98. The van der Waals surface area contributed by atoms with E-state index in [0.717, 1.165) is 13.1 Å². The summed E-state index contributed by atoms with van der Waals surface area (Å²) in [6.45, 7) is 12.5. The molecule has 5 heteroatoms. The van der Waals surface area contributed by atoms with E-state index in [-0.39, 0.29) is 24.3 Å². The van der Waals surface area contributed by atoms with Crippen LogP contribution in [0.2, 0.25) is 0 Å². The maximum absolute atomic E-state index is 12.8. The molecule has 31 heavy (non-hydrogen) atoms. The summed E-state index contributed by atoms with van der Waals surface area (Å²) >= 11 is 0. The molecule has 1 aliphatic rings. The predicted octanol–water partition coefficient (Wildman–Crippen LogP) is 5.10. The molecule has 1 saturated heterocycles. The van der Waals surface area contributed by atoms with Crippen molar-refractivity contribution in [1.82, 2.24) is 9.80 Å². The second-order valence-electron chi connectivity index (χ2n) is 9.55. The van der Waals surface area contributed by atoms with E-state index in [4.69, 9.17) is 9.47 Å². The van der Waals surface area contributed by atoms with E-state index in [9.17, 15) is 4.79 Å². The van der Waals surface area contributed by atoms with Crippen LogP contribution in [0.5, 0.6) is 0 Å². The molecule has 1 aliphatic heterocycles. The Bertz CT molecular complexity index is 776. The monoisotopic (exact) mass is 424 g/mol. The number of nitrogens with zero attached hydrogens (tertiary/aromatic N) is 2. The van der Waals surface area contributed by atoms with Gasteiger partial charge in [0.25, 0.3) is 0 Å². The number of hydrogen-bond acceptors (Lipinski definition) is 4. The van der Waals surface area contributed by atoms with Crippen LogP contribution in [-0.4, -0.2) is 52.8 Å². The van der Waals surface area contributed by atoms with E-state index < -0.39 is 5.60 Å². The fourth-order valence-corrected chi connectivity index (χ4v) is 3.99. The molecule has 0 unspecified atom stereocenters. The average molecular weight is 425 g/mol. The maximum atomic E-state index is 12.8. The highest BCUT2D eigenvalue weighted by Gasteiger charge is 2.41. The lowest BCUT2D eigenvalue weighted by molar-refractivity contribution is -0.0287. The summed E-state index contributed by atoms with van der Waals surface area (Å²) in [6, 6.07) is 21.0. The normalized spacial score (nSPS) is 19.3. The quantitative estimate of drug-likeness (QED) is 0.620. The van der Waals surface area contributed by atoms with Crippen molar-refractivity contribution in [3.8, 4) is 0 Å². The summed E-state index contributed by atoms with van der Waals surface area (Å²) in [5, 5.41) is 0. The van der Waals surface area contributed by atoms with Crippen molar-refractivity contribution in [2.24, 2.45) is 0 Å². The minimum absolute atomic E-state index is 0.0695. The van der Waals surface area contributed by atoms with Gasteiger partial charge < -0.3 is 14.4 Å². The number of carbonyl (C=O) groups excluding carboxylic acids is 1. The molecule has 0 bridgehead atoms. The molecule has 0 spiro atoms. The van der Waals surface area contributed by atoms with E-state index in [1.165, 1.54) is 11.1 Å². The van der Waals surface area contributed by atoms with Crippen molar-refractivity contribution in [2.75, 3.05) is 13.1 Å². The van der Waals surface area contributed by atoms with Crippen molar-refractivity contribution in [2.45, 2.75) is 71.6 Å². The van der Waals surface area contributed by atoms with Gasteiger partial charge in [0.2, 0.25) is 0 Å². The van der Waals surface area contributed by atoms with Crippen molar-refractivity contribution < 1.29 is 14.3 Å². The Morgan fingerprint density at radius 1 is 0.968 bits per heavy atom. The maximum Gasteiger partial charge on any atom is 0.410 e. The summed E-state index contributed by atoms with van der Waals surface area (Å²) in [4.78, 5) is 17.0. The van der Waals surface area contributed by atoms with E-state index in [1.807, 2.05) is 46.8 Å². The van der Waals surface area contributed by atoms with Gasteiger partial charge in [-0.2, -0.15) is 0 Å². The SMILES string of the molecule is CC(C)O[C@@H]1CN(C(=O)OC(C)(C)C)C[C@H]1N(Cc1ccccc1)Cc1ccccc1. The Balaban J connectivity index is 1.84. The molecule has 1 fully saturated rings. The number of hydrogen-bond donors (Lipinski definition) is 0. The van der Waals surface area contributed by atoms with Crippen LogP contribution in [0, 0.1) is 0 Å². The smallest absolute Gasteiger partial charge is 0.410 e. The van der Waals surface area contributed by atoms with Gasteiger partial charge in [0.05, 0.1) is 24.8 Å². The average Bonchev–Trinajstić information content (AvgIpc) is 3.11. The van der Waals surface area contributed by atoms with Gasteiger partial charge in [-0.3, -0.25) is 4.90 Å². The first-order valence-corrected chi connectivity index (χ1v) is 11.2. The molecular formula is C26H36N2O3. The van der Waals surface area contributed by atoms with E-state index in [2.05, 4.69) is 53.4 Å². The van der Waals surface area contributed by atoms with Gasteiger partial charge in [0.1, 0.15) is 5.60 Å². The van der Waals surface area contributed by atoms with Gasteiger partial charge >= 0.3 is 6.09 Å². The number of benzene rings is 2. The molecule has 0 aromatic heterocycles. The van der Waals surface area contributed by atoms with Crippen LogP contribution in [0.15, 0.2) is 60.7 Å². The minimum Gasteiger partial charge on any atom is -0.444 e. The molecule has 0 saturated carbocycles. The van der Waals surface area contributed by atoms with Crippen LogP contribution >= 0.6 is 0 Å². The highest BCUT2D eigenvalue weighted by atomic mass is 16.6. The van der Waals surface area contributed by atoms with Crippen molar-refractivity contribution >= 4 is 6.09 Å². The number of ether oxygens (including phenoxy) is 2. The molecule has 1 amide bonds. The molecular weight excluding hydrogens is 388 g/mol. The number of carbonyl (C=O) groups is 1. The highest BCUT2D eigenvalue weighted by Crippen LogP contribution is 2.26. The number of rotatable bonds is 7. The molecule has 2 atom stereocenters. The zero-order valence-corrected chi connectivity index (χ0v) is 19.5. The topological polar surface area (TPSA) is 42.0 Å². The molecule has 5 nitrogen and oxygen atoms in total. The molecule has 168 valence electrons. The Labute approximate surface area is 187 Å². The summed E-state index contributed by atoms with van der Waals surface area (Å²) in [5.74, 6) is 0. The van der Waals surface area contributed by atoms with Crippen molar-refractivity contribution in [1.29, 1.82) is 0 Å². The van der Waals surface area contributed by atoms with Gasteiger partial charge in [-0.25, -0.2) is 4.79 Å². The summed E-state index contributed by atoms with van der Waals surface area (Å²) in [7, 11) is 0. The lowest BCUT2D eigenvalue weighted by Gasteiger charge is -2.33. The second kappa shape index (κ2) is 10.3. The van der Waals surface area contributed by atoms with E-state index in [1.54, 1.807) is 4.90 Å². The fraction of sp³-hybridized carbons (Fsp3) is 0.500. The van der Waals surface area contributed by atoms with Crippen LogP contribution in [0.25, 0.3) is 0 Å². The van der Waals surface area contributed by atoms with Crippen molar-refractivity contribution in [3.05, 3.63) is 71.8 Å². The number of likely N-dealkylation sites (tertiary alicyclic amines) is 1. The zero-order valence-electron chi connectivity index (χ0n) is 19.5. The molecule has 0 radical (unpaired) electrons. The Hall–Kier alpha value is -2.37. The Morgan fingerprint density at radius 3 is 1.94 bits per heavy atom. The van der Waals surface area contributed by atoms with Crippen LogP contribution in [0.1, 0.15) is 45.7 Å². The molecule has 0 N–H and O–H groups in total. The highest BCUT2D eigenvalue weighted by molar-refractivity contribution is 5.68. The first-order chi connectivity index (χ1) is 14.7. The van der Waals surface area contributed by atoms with Crippen LogP contribution in [-0.2, 0) is 22.6 Å². The third-order valence-electron chi connectivity index (χ3n) is 5.26. The van der Waals surface area contributed by atoms with Gasteiger partial charge in [0, 0.05) is 19.6 Å². The summed E-state index contributed by atoms with van der Waals surface area (Å²) < 4.78 is 12.0. The minimum atomic E-state index is -0.517. The van der Waals surface area contributed by atoms with Crippen molar-refractivity contribution in [3.63, 3.8) is 0 Å². The Kier molecular flexibility index (Phi) is 7.74. The Morgan fingerprint density at radius 2 is 1.48 bits per heavy atom. The zero-order chi connectivity index (χ0) is 22.4. The third-order valence-corrected chi connectivity index (χ3v) is 5.26. The first-order valence-electron chi connectivity index (χ1n) is 11.2. The first kappa shape index (κ1) is 23.3. The number of amides is 1. The molecule has 0 aliphatic carbocycles.